The van der Waals surface area contributed by atoms with E-state index in [4.69, 9.17) is 4.42 Å². The van der Waals surface area contributed by atoms with E-state index in [0.717, 1.165) is 32.1 Å². The molecule has 2 aliphatic rings. The third kappa shape index (κ3) is 4.08. The molecule has 0 amide bonds. The highest BCUT2D eigenvalue weighted by atomic mass is 79.9. The molecule has 4 heteroatoms. The third-order valence-electron chi connectivity index (χ3n) is 4.19. The van der Waals surface area contributed by atoms with E-state index in [1.165, 1.54) is 5.56 Å². The highest BCUT2D eigenvalue weighted by Gasteiger charge is 2.22. The lowest BCUT2D eigenvalue weighted by atomic mass is 9.91. The Hall–Kier alpha value is -1.91. The molecule has 0 atom stereocenters. The maximum absolute atomic E-state index is 12.1. The summed E-state index contributed by atoms with van der Waals surface area (Å²) in [5.41, 5.74) is 4.94. The summed E-state index contributed by atoms with van der Waals surface area (Å²) in [6, 6.07) is 17.6. The third-order valence-corrected chi connectivity index (χ3v) is 5.56. The molecule has 2 nitrogen and oxygen atoms in total. The van der Waals surface area contributed by atoms with Crippen LogP contribution in [0.25, 0.3) is 33.4 Å². The SMILES string of the molecule is CC.CC.Cc1ccccc1-c1c2ccc(=O)c(Br)c-2oc2c(Br)cccc12. The first-order valence-corrected chi connectivity index (χ1v) is 11.1. The van der Waals surface area contributed by atoms with Crippen LogP contribution in [-0.2, 0) is 0 Å². The van der Waals surface area contributed by atoms with Crippen LogP contribution in [0.2, 0.25) is 0 Å². The quantitative estimate of drug-likeness (QED) is 0.244. The van der Waals surface area contributed by atoms with Gasteiger partial charge in [-0.2, -0.15) is 0 Å². The molecular formula is C24H24Br2O2. The second kappa shape index (κ2) is 10.0. The standard InChI is InChI=1S/C20H12Br2O2.2C2H6/c1-11-5-2-3-6-12(11)17-13-7-4-8-15(21)19(13)24-20-14(17)9-10-16(23)18(20)22;2*1-2/h2-10H,1H3;2*1-2H3. The lowest BCUT2D eigenvalue weighted by Crippen LogP contribution is -2.04. The second-order valence-electron chi connectivity index (χ2n) is 5.66. The lowest BCUT2D eigenvalue weighted by Gasteiger charge is -2.17. The Bertz CT molecular complexity index is 1110. The van der Waals surface area contributed by atoms with E-state index >= 15 is 0 Å². The summed E-state index contributed by atoms with van der Waals surface area (Å²) >= 11 is 6.96. The minimum atomic E-state index is -0.0895. The summed E-state index contributed by atoms with van der Waals surface area (Å²) in [7, 11) is 0. The Labute approximate surface area is 183 Å². The first-order chi connectivity index (χ1) is 13.6. The molecule has 0 unspecified atom stereocenters. The van der Waals surface area contributed by atoms with Crippen LogP contribution in [0.1, 0.15) is 33.3 Å². The number of hydrogen-bond acceptors (Lipinski definition) is 2. The van der Waals surface area contributed by atoms with Gasteiger partial charge >= 0.3 is 0 Å². The first-order valence-electron chi connectivity index (χ1n) is 9.47. The van der Waals surface area contributed by atoms with Gasteiger partial charge in [0.1, 0.15) is 10.1 Å². The van der Waals surface area contributed by atoms with Crippen LogP contribution in [0.15, 0.2) is 72.8 Å². The molecule has 0 N–H and O–H groups in total. The topological polar surface area (TPSA) is 30.2 Å². The van der Waals surface area contributed by atoms with Crippen LogP contribution < -0.4 is 5.43 Å². The highest BCUT2D eigenvalue weighted by molar-refractivity contribution is 9.11. The minimum absolute atomic E-state index is 0.0895. The molecule has 146 valence electrons. The molecule has 0 saturated heterocycles. The van der Waals surface area contributed by atoms with E-state index in [0.29, 0.717) is 10.2 Å². The van der Waals surface area contributed by atoms with Crippen LogP contribution in [0.5, 0.6) is 0 Å². The molecule has 0 fully saturated rings. The maximum Gasteiger partial charge on any atom is 0.196 e. The van der Waals surface area contributed by atoms with Gasteiger partial charge in [-0.3, -0.25) is 4.79 Å². The van der Waals surface area contributed by atoms with Gasteiger partial charge in [0.2, 0.25) is 0 Å². The summed E-state index contributed by atoms with van der Waals surface area (Å²) in [4.78, 5) is 12.1. The van der Waals surface area contributed by atoms with Gasteiger partial charge in [0.05, 0.1) is 4.47 Å². The average Bonchev–Trinajstić information content (AvgIpc) is 2.74. The predicted octanol–water partition coefficient (Wildman–Crippen LogP) is 8.45. The highest BCUT2D eigenvalue weighted by Crippen LogP contribution is 2.44. The summed E-state index contributed by atoms with van der Waals surface area (Å²) < 4.78 is 7.41. The normalized spacial score (nSPS) is 10.1. The van der Waals surface area contributed by atoms with Gasteiger partial charge in [0.25, 0.3) is 0 Å². The number of halogens is 2. The zero-order chi connectivity index (χ0) is 20.8. The zero-order valence-corrected chi connectivity index (χ0v) is 19.9. The van der Waals surface area contributed by atoms with Crippen molar-refractivity contribution < 1.29 is 4.42 Å². The van der Waals surface area contributed by atoms with Crippen molar-refractivity contribution in [3.05, 3.63) is 79.3 Å². The second-order valence-corrected chi connectivity index (χ2v) is 7.31. The fraction of sp³-hybridized carbons (Fsp3) is 0.208. The summed E-state index contributed by atoms with van der Waals surface area (Å²) in [6.07, 6.45) is 0. The molecule has 1 heterocycles. The Balaban J connectivity index is 0.000000660. The molecule has 0 spiro atoms. The molecule has 2 aromatic carbocycles. The van der Waals surface area contributed by atoms with E-state index in [-0.39, 0.29) is 5.43 Å². The summed E-state index contributed by atoms with van der Waals surface area (Å²) in [5, 5.41) is 1.01. The van der Waals surface area contributed by atoms with Crippen LogP contribution >= 0.6 is 31.9 Å². The number of fused-ring (bicyclic) bond motifs is 2. The van der Waals surface area contributed by atoms with Crippen LogP contribution in [-0.4, -0.2) is 0 Å². The van der Waals surface area contributed by atoms with Crippen molar-refractivity contribution in [3.63, 3.8) is 0 Å². The number of hydrogen-bond donors (Lipinski definition) is 0. The fourth-order valence-electron chi connectivity index (χ4n) is 3.03. The molecule has 1 aliphatic heterocycles. The van der Waals surface area contributed by atoms with Gasteiger partial charge in [-0.1, -0.05) is 64.1 Å². The Kier molecular flexibility index (Phi) is 8.02. The molecule has 0 bridgehead atoms. The average molecular weight is 504 g/mol. The monoisotopic (exact) mass is 502 g/mol. The minimum Gasteiger partial charge on any atom is -0.454 e. The number of rotatable bonds is 1. The van der Waals surface area contributed by atoms with Gasteiger partial charge in [-0.15, -0.1) is 0 Å². The number of para-hydroxylation sites is 1. The van der Waals surface area contributed by atoms with Crippen molar-refractivity contribution >= 4 is 42.8 Å². The van der Waals surface area contributed by atoms with E-state index in [2.05, 4.69) is 50.9 Å². The zero-order valence-electron chi connectivity index (χ0n) is 16.8. The Morgan fingerprint density at radius 2 is 1.46 bits per heavy atom. The number of aryl methyl sites for hydroxylation is 1. The van der Waals surface area contributed by atoms with Gasteiger partial charge in [-0.05, 0) is 68.1 Å². The molecule has 0 saturated carbocycles. The smallest absolute Gasteiger partial charge is 0.196 e. The lowest BCUT2D eigenvalue weighted by molar-refractivity contribution is 0.614. The van der Waals surface area contributed by atoms with E-state index in [1.807, 2.05) is 64.1 Å². The van der Waals surface area contributed by atoms with E-state index < -0.39 is 0 Å². The van der Waals surface area contributed by atoms with E-state index in [1.54, 1.807) is 6.07 Å². The van der Waals surface area contributed by atoms with Gasteiger partial charge in [0, 0.05) is 16.5 Å². The van der Waals surface area contributed by atoms with Crippen molar-refractivity contribution in [1.82, 2.24) is 0 Å². The Morgan fingerprint density at radius 1 is 0.786 bits per heavy atom. The summed E-state index contributed by atoms with van der Waals surface area (Å²) in [5.74, 6) is 0.570. The molecule has 28 heavy (non-hydrogen) atoms. The molecule has 2 aromatic rings. The summed E-state index contributed by atoms with van der Waals surface area (Å²) in [6.45, 7) is 10.1. The molecular weight excluding hydrogens is 480 g/mol. The van der Waals surface area contributed by atoms with Gasteiger partial charge < -0.3 is 4.42 Å². The van der Waals surface area contributed by atoms with Crippen molar-refractivity contribution in [1.29, 1.82) is 0 Å². The fourth-order valence-corrected chi connectivity index (χ4v) is 3.91. The maximum atomic E-state index is 12.1. The van der Waals surface area contributed by atoms with Crippen molar-refractivity contribution in [2.75, 3.05) is 0 Å². The van der Waals surface area contributed by atoms with Gasteiger partial charge in [0.15, 0.2) is 11.2 Å². The van der Waals surface area contributed by atoms with E-state index in [9.17, 15) is 4.79 Å². The van der Waals surface area contributed by atoms with Crippen molar-refractivity contribution in [3.8, 4) is 22.5 Å². The number of benzene rings is 3. The molecule has 1 aliphatic carbocycles. The van der Waals surface area contributed by atoms with Crippen LogP contribution in [0, 0.1) is 6.92 Å². The molecule has 4 rings (SSSR count). The van der Waals surface area contributed by atoms with Crippen LogP contribution in [0.4, 0.5) is 0 Å². The predicted molar refractivity (Wildman–Crippen MR) is 127 cm³/mol. The van der Waals surface area contributed by atoms with Crippen LogP contribution in [0.3, 0.4) is 0 Å². The Morgan fingerprint density at radius 3 is 2.14 bits per heavy atom. The molecule has 0 radical (unpaired) electrons. The van der Waals surface area contributed by atoms with Crippen molar-refractivity contribution in [2.45, 2.75) is 34.6 Å². The largest absolute Gasteiger partial charge is 0.454 e. The first kappa shape index (κ1) is 22.4. The van der Waals surface area contributed by atoms with Crippen molar-refractivity contribution in [2.24, 2.45) is 0 Å². The van der Waals surface area contributed by atoms with Gasteiger partial charge in [-0.25, -0.2) is 0 Å². The molecule has 0 aromatic heterocycles.